The highest BCUT2D eigenvalue weighted by Gasteiger charge is 1.96. The highest BCUT2D eigenvalue weighted by Crippen LogP contribution is 2.13. The lowest BCUT2D eigenvalue weighted by Crippen LogP contribution is -1.88. The first-order chi connectivity index (χ1) is 6.77. The van der Waals surface area contributed by atoms with Crippen LogP contribution in [-0.4, -0.2) is 0 Å². The van der Waals surface area contributed by atoms with E-state index in [-0.39, 0.29) is 0 Å². The van der Waals surface area contributed by atoms with E-state index in [0.717, 1.165) is 0 Å². The standard InChI is InChI=1S/C12H16.C2H4/c1-4-6-12-9-11(5-2)8-7-10(12)3;1-2/h5,7-9H,2,4,6H2,1,3H3;1-2H2. The largest absolute Gasteiger partial charge is 0.106 e. The van der Waals surface area contributed by atoms with Gasteiger partial charge in [0, 0.05) is 0 Å². The zero-order valence-electron chi connectivity index (χ0n) is 9.34. The van der Waals surface area contributed by atoms with Gasteiger partial charge in [-0.15, -0.1) is 13.2 Å². The first-order valence-corrected chi connectivity index (χ1v) is 5.00. The summed E-state index contributed by atoms with van der Waals surface area (Å²) in [5, 5.41) is 0. The lowest BCUT2D eigenvalue weighted by atomic mass is 10.0. The third-order valence-corrected chi connectivity index (χ3v) is 2.13. The number of hydrogen-bond donors (Lipinski definition) is 0. The van der Waals surface area contributed by atoms with Crippen LogP contribution in [0, 0.1) is 6.92 Å². The minimum absolute atomic E-state index is 1.17. The highest BCUT2D eigenvalue weighted by atomic mass is 14.0. The van der Waals surface area contributed by atoms with Crippen LogP contribution in [0.1, 0.15) is 30.0 Å². The number of aryl methyl sites for hydroxylation is 2. The van der Waals surface area contributed by atoms with Gasteiger partial charge in [0.25, 0.3) is 0 Å². The molecular weight excluding hydrogens is 168 g/mol. The second-order valence-electron chi connectivity index (χ2n) is 3.14. The second-order valence-corrected chi connectivity index (χ2v) is 3.14. The van der Waals surface area contributed by atoms with Crippen molar-refractivity contribution in [2.75, 3.05) is 0 Å². The maximum absolute atomic E-state index is 3.76. The molecule has 0 saturated heterocycles. The van der Waals surface area contributed by atoms with Gasteiger partial charge in [0.1, 0.15) is 0 Å². The Labute approximate surface area is 88.0 Å². The van der Waals surface area contributed by atoms with E-state index < -0.39 is 0 Å². The van der Waals surface area contributed by atoms with Crippen molar-refractivity contribution >= 4 is 6.08 Å². The number of rotatable bonds is 3. The molecule has 0 aromatic heterocycles. The Hall–Kier alpha value is -1.30. The number of hydrogen-bond acceptors (Lipinski definition) is 0. The zero-order chi connectivity index (χ0) is 11.0. The molecule has 0 amide bonds. The molecular formula is C14H20. The van der Waals surface area contributed by atoms with Crippen LogP contribution in [0.2, 0.25) is 0 Å². The Kier molecular flexibility index (Phi) is 6.47. The summed E-state index contributed by atoms with van der Waals surface area (Å²) in [4.78, 5) is 0. The van der Waals surface area contributed by atoms with Crippen molar-refractivity contribution in [3.63, 3.8) is 0 Å². The monoisotopic (exact) mass is 188 g/mol. The van der Waals surface area contributed by atoms with Crippen LogP contribution in [0.25, 0.3) is 6.08 Å². The van der Waals surface area contributed by atoms with Crippen molar-refractivity contribution in [2.45, 2.75) is 26.7 Å². The molecule has 0 aliphatic rings. The summed E-state index contributed by atoms with van der Waals surface area (Å²) in [6.07, 6.45) is 4.29. The molecule has 0 fully saturated rings. The molecule has 1 aromatic carbocycles. The van der Waals surface area contributed by atoms with Gasteiger partial charge in [-0.25, -0.2) is 0 Å². The maximum Gasteiger partial charge on any atom is -0.0260 e. The van der Waals surface area contributed by atoms with Crippen molar-refractivity contribution in [1.82, 2.24) is 0 Å². The summed E-state index contributed by atoms with van der Waals surface area (Å²) < 4.78 is 0. The van der Waals surface area contributed by atoms with Gasteiger partial charge in [-0.1, -0.05) is 44.2 Å². The van der Waals surface area contributed by atoms with Crippen LogP contribution in [0.5, 0.6) is 0 Å². The molecule has 0 aliphatic heterocycles. The summed E-state index contributed by atoms with van der Waals surface area (Å²) in [7, 11) is 0. The summed E-state index contributed by atoms with van der Waals surface area (Å²) >= 11 is 0. The molecule has 0 N–H and O–H groups in total. The van der Waals surface area contributed by atoms with E-state index in [1.165, 1.54) is 29.5 Å². The average Bonchev–Trinajstić information content (AvgIpc) is 2.24. The summed E-state index contributed by atoms with van der Waals surface area (Å²) in [6.45, 7) is 14.1. The fraction of sp³-hybridized carbons (Fsp3) is 0.286. The predicted molar refractivity (Wildman–Crippen MR) is 66.5 cm³/mol. The van der Waals surface area contributed by atoms with E-state index in [9.17, 15) is 0 Å². The van der Waals surface area contributed by atoms with Crippen LogP contribution in [-0.2, 0) is 6.42 Å². The third kappa shape index (κ3) is 3.61. The predicted octanol–water partition coefficient (Wildman–Crippen LogP) is 4.39. The molecule has 76 valence electrons. The van der Waals surface area contributed by atoms with Crippen molar-refractivity contribution < 1.29 is 0 Å². The maximum atomic E-state index is 3.76. The molecule has 0 unspecified atom stereocenters. The molecule has 1 aromatic rings. The summed E-state index contributed by atoms with van der Waals surface area (Å²) in [6, 6.07) is 6.51. The molecule has 0 heteroatoms. The lowest BCUT2D eigenvalue weighted by molar-refractivity contribution is 0.912. The van der Waals surface area contributed by atoms with Crippen molar-refractivity contribution in [3.05, 3.63) is 54.6 Å². The summed E-state index contributed by atoms with van der Waals surface area (Å²) in [5.41, 5.74) is 4.07. The molecule has 0 saturated carbocycles. The molecule has 14 heavy (non-hydrogen) atoms. The smallest absolute Gasteiger partial charge is 0.0260 e. The molecule has 0 radical (unpaired) electrons. The lowest BCUT2D eigenvalue weighted by Gasteiger charge is -2.04. The van der Waals surface area contributed by atoms with Gasteiger partial charge in [0.05, 0.1) is 0 Å². The van der Waals surface area contributed by atoms with Crippen LogP contribution in [0.4, 0.5) is 0 Å². The van der Waals surface area contributed by atoms with Crippen molar-refractivity contribution in [1.29, 1.82) is 0 Å². The highest BCUT2D eigenvalue weighted by molar-refractivity contribution is 5.49. The molecule has 0 aliphatic carbocycles. The van der Waals surface area contributed by atoms with Crippen molar-refractivity contribution in [2.24, 2.45) is 0 Å². The SMILES string of the molecule is C=C.C=Cc1ccc(C)c(CCC)c1. The molecule has 0 atom stereocenters. The zero-order valence-corrected chi connectivity index (χ0v) is 9.34. The molecule has 0 heterocycles. The van der Waals surface area contributed by atoms with Crippen LogP contribution >= 0.6 is 0 Å². The normalized spacial score (nSPS) is 8.71. The van der Waals surface area contributed by atoms with E-state index in [1.54, 1.807) is 0 Å². The number of benzene rings is 1. The Morgan fingerprint density at radius 1 is 1.29 bits per heavy atom. The van der Waals surface area contributed by atoms with Gasteiger partial charge in [0.2, 0.25) is 0 Å². The van der Waals surface area contributed by atoms with E-state index in [0.29, 0.717) is 0 Å². The van der Waals surface area contributed by atoms with Gasteiger partial charge in [-0.3, -0.25) is 0 Å². The molecule has 0 bridgehead atoms. The molecule has 0 spiro atoms. The van der Waals surface area contributed by atoms with Crippen molar-refractivity contribution in [3.8, 4) is 0 Å². The van der Waals surface area contributed by atoms with Gasteiger partial charge >= 0.3 is 0 Å². The van der Waals surface area contributed by atoms with E-state index in [4.69, 9.17) is 0 Å². The van der Waals surface area contributed by atoms with Gasteiger partial charge in [0.15, 0.2) is 0 Å². The Morgan fingerprint density at radius 3 is 2.43 bits per heavy atom. The fourth-order valence-corrected chi connectivity index (χ4v) is 1.36. The third-order valence-electron chi connectivity index (χ3n) is 2.13. The summed E-state index contributed by atoms with van der Waals surface area (Å²) in [5.74, 6) is 0. The van der Waals surface area contributed by atoms with Gasteiger partial charge < -0.3 is 0 Å². The van der Waals surface area contributed by atoms with Crippen LogP contribution < -0.4 is 0 Å². The first kappa shape index (κ1) is 12.7. The average molecular weight is 188 g/mol. The second kappa shape index (κ2) is 7.14. The Bertz CT molecular complexity index is 284. The topological polar surface area (TPSA) is 0 Å². The minimum Gasteiger partial charge on any atom is -0.106 e. The van der Waals surface area contributed by atoms with Gasteiger partial charge in [-0.2, -0.15) is 0 Å². The van der Waals surface area contributed by atoms with Gasteiger partial charge in [-0.05, 0) is 30.0 Å². The first-order valence-electron chi connectivity index (χ1n) is 5.00. The van der Waals surface area contributed by atoms with E-state index >= 15 is 0 Å². The van der Waals surface area contributed by atoms with E-state index in [1.807, 2.05) is 6.08 Å². The Morgan fingerprint density at radius 2 is 1.93 bits per heavy atom. The molecule has 1 rings (SSSR count). The van der Waals surface area contributed by atoms with E-state index in [2.05, 4.69) is 51.8 Å². The van der Waals surface area contributed by atoms with Crippen LogP contribution in [0.15, 0.2) is 37.9 Å². The Balaban J connectivity index is 0.000000791. The quantitative estimate of drug-likeness (QED) is 0.617. The fourth-order valence-electron chi connectivity index (χ4n) is 1.36. The molecule has 0 nitrogen and oxygen atoms in total. The minimum atomic E-state index is 1.17. The van der Waals surface area contributed by atoms with Crippen LogP contribution in [0.3, 0.4) is 0 Å².